The molecule has 28 heavy (non-hydrogen) atoms. The van der Waals surface area contributed by atoms with Crippen LogP contribution in [0, 0.1) is 0 Å². The Kier molecular flexibility index (Phi) is 4.78. The van der Waals surface area contributed by atoms with Gasteiger partial charge in [-0.3, -0.25) is 0 Å². The van der Waals surface area contributed by atoms with Crippen LogP contribution in [0.25, 0.3) is 11.3 Å². The molecule has 0 amide bonds. The number of aromatic nitrogens is 4. The summed E-state index contributed by atoms with van der Waals surface area (Å²) in [5.41, 5.74) is 2.09. The van der Waals surface area contributed by atoms with Crippen molar-refractivity contribution in [1.29, 1.82) is 0 Å². The molecule has 0 atom stereocenters. The highest BCUT2D eigenvalue weighted by atomic mass is 16.6. The standard InChI is InChI=1S/C20H25N7O/c1-2-6-15(7-3-1)14-21-19-20(23-18-17(22-19)24-28-25-18)27-12-8-16(9-13-27)26-10-4-5-11-26/h1-3,6-7,16H,4-5,8-14H2,(H,21,22,24). The minimum atomic E-state index is 0.436. The van der Waals surface area contributed by atoms with Crippen LogP contribution in [-0.2, 0) is 6.54 Å². The van der Waals surface area contributed by atoms with Crippen molar-refractivity contribution in [2.75, 3.05) is 36.4 Å². The number of anilines is 2. The topological polar surface area (TPSA) is 83.2 Å². The van der Waals surface area contributed by atoms with Crippen LogP contribution in [0.2, 0.25) is 0 Å². The van der Waals surface area contributed by atoms with Gasteiger partial charge in [0.15, 0.2) is 11.6 Å². The van der Waals surface area contributed by atoms with Gasteiger partial charge in [0, 0.05) is 25.7 Å². The molecule has 0 bridgehead atoms. The fourth-order valence-electron chi connectivity index (χ4n) is 4.30. The number of likely N-dealkylation sites (tertiary alicyclic amines) is 1. The van der Waals surface area contributed by atoms with E-state index in [1.54, 1.807) is 0 Å². The second-order valence-corrected chi connectivity index (χ2v) is 7.61. The summed E-state index contributed by atoms with van der Waals surface area (Å²) in [6, 6.07) is 11.0. The lowest BCUT2D eigenvalue weighted by atomic mass is 10.0. The molecule has 8 nitrogen and oxygen atoms in total. The van der Waals surface area contributed by atoms with E-state index >= 15 is 0 Å². The number of rotatable bonds is 5. The number of hydrogen-bond donors (Lipinski definition) is 1. The molecule has 5 rings (SSSR count). The van der Waals surface area contributed by atoms with E-state index in [4.69, 9.17) is 9.61 Å². The van der Waals surface area contributed by atoms with Gasteiger partial charge in [0.2, 0.25) is 11.3 Å². The molecule has 8 heteroatoms. The maximum absolute atomic E-state index is 4.83. The Labute approximate surface area is 163 Å². The summed E-state index contributed by atoms with van der Waals surface area (Å²) in [7, 11) is 0. The zero-order chi connectivity index (χ0) is 18.8. The first kappa shape index (κ1) is 17.4. The lowest BCUT2D eigenvalue weighted by Crippen LogP contribution is -2.44. The predicted molar refractivity (Wildman–Crippen MR) is 107 cm³/mol. The van der Waals surface area contributed by atoms with Crippen LogP contribution < -0.4 is 10.2 Å². The van der Waals surface area contributed by atoms with Crippen molar-refractivity contribution in [1.82, 2.24) is 25.2 Å². The van der Waals surface area contributed by atoms with Crippen LogP contribution in [0.1, 0.15) is 31.2 Å². The van der Waals surface area contributed by atoms with Crippen LogP contribution in [0.4, 0.5) is 11.6 Å². The van der Waals surface area contributed by atoms with Crippen molar-refractivity contribution in [2.24, 2.45) is 0 Å². The first-order chi connectivity index (χ1) is 13.9. The Morgan fingerprint density at radius 1 is 0.929 bits per heavy atom. The van der Waals surface area contributed by atoms with Gasteiger partial charge in [-0.15, -0.1) is 0 Å². The molecule has 0 aliphatic carbocycles. The molecule has 0 radical (unpaired) electrons. The Morgan fingerprint density at radius 2 is 1.64 bits per heavy atom. The SMILES string of the molecule is c1ccc(CNc2nc3nonc3nc2N2CCC(N3CCCC3)CC2)cc1. The largest absolute Gasteiger partial charge is 0.363 e. The molecule has 1 aromatic carbocycles. The third-order valence-corrected chi connectivity index (χ3v) is 5.82. The van der Waals surface area contributed by atoms with Gasteiger partial charge < -0.3 is 15.1 Å². The maximum atomic E-state index is 4.83. The lowest BCUT2D eigenvalue weighted by molar-refractivity contribution is 0.207. The Hall–Kier alpha value is -2.74. The molecule has 0 saturated carbocycles. The minimum absolute atomic E-state index is 0.436. The van der Waals surface area contributed by atoms with Gasteiger partial charge in [-0.1, -0.05) is 30.3 Å². The maximum Gasteiger partial charge on any atom is 0.245 e. The smallest absolute Gasteiger partial charge is 0.245 e. The fraction of sp³-hybridized carbons (Fsp3) is 0.500. The van der Waals surface area contributed by atoms with E-state index in [0.29, 0.717) is 23.9 Å². The summed E-state index contributed by atoms with van der Waals surface area (Å²) in [5, 5.41) is 11.2. The number of nitrogens with one attached hydrogen (secondary N) is 1. The molecular weight excluding hydrogens is 354 g/mol. The van der Waals surface area contributed by atoms with Gasteiger partial charge in [0.05, 0.1) is 0 Å². The minimum Gasteiger partial charge on any atom is -0.363 e. The zero-order valence-corrected chi connectivity index (χ0v) is 15.9. The van der Waals surface area contributed by atoms with Crippen molar-refractivity contribution in [2.45, 2.75) is 38.3 Å². The van der Waals surface area contributed by atoms with Gasteiger partial charge in [0.25, 0.3) is 0 Å². The Balaban J connectivity index is 1.35. The quantitative estimate of drug-likeness (QED) is 0.724. The monoisotopic (exact) mass is 379 g/mol. The highest BCUT2D eigenvalue weighted by Crippen LogP contribution is 2.29. The third kappa shape index (κ3) is 3.52. The van der Waals surface area contributed by atoms with E-state index < -0.39 is 0 Å². The summed E-state index contributed by atoms with van der Waals surface area (Å²) in [5.74, 6) is 1.59. The summed E-state index contributed by atoms with van der Waals surface area (Å²) >= 11 is 0. The second-order valence-electron chi connectivity index (χ2n) is 7.61. The van der Waals surface area contributed by atoms with Crippen molar-refractivity contribution in [3.63, 3.8) is 0 Å². The molecule has 146 valence electrons. The molecule has 2 aliphatic heterocycles. The van der Waals surface area contributed by atoms with Gasteiger partial charge in [-0.2, -0.15) is 0 Å². The number of piperidine rings is 1. The van der Waals surface area contributed by atoms with E-state index in [1.165, 1.54) is 31.5 Å². The van der Waals surface area contributed by atoms with Gasteiger partial charge in [0.1, 0.15) is 0 Å². The zero-order valence-electron chi connectivity index (χ0n) is 15.9. The Morgan fingerprint density at radius 3 is 2.39 bits per heavy atom. The average molecular weight is 379 g/mol. The summed E-state index contributed by atoms with van der Waals surface area (Å²) in [6.45, 7) is 5.15. The van der Waals surface area contributed by atoms with Gasteiger partial charge in [-0.25, -0.2) is 14.6 Å². The van der Waals surface area contributed by atoms with Crippen LogP contribution in [0.3, 0.4) is 0 Å². The van der Waals surface area contributed by atoms with E-state index in [-0.39, 0.29) is 0 Å². The highest BCUT2D eigenvalue weighted by molar-refractivity contribution is 5.74. The number of hydrogen-bond acceptors (Lipinski definition) is 8. The molecule has 3 aromatic rings. The summed E-state index contributed by atoms with van der Waals surface area (Å²) in [6.07, 6.45) is 5.01. The first-order valence-electron chi connectivity index (χ1n) is 10.1. The molecule has 0 unspecified atom stereocenters. The van der Waals surface area contributed by atoms with Crippen molar-refractivity contribution >= 4 is 22.9 Å². The van der Waals surface area contributed by atoms with Gasteiger partial charge >= 0.3 is 0 Å². The Bertz CT molecular complexity index is 915. The normalized spacial score (nSPS) is 18.8. The van der Waals surface area contributed by atoms with Crippen molar-refractivity contribution < 1.29 is 4.63 Å². The highest BCUT2D eigenvalue weighted by Gasteiger charge is 2.28. The van der Waals surface area contributed by atoms with E-state index in [9.17, 15) is 0 Å². The van der Waals surface area contributed by atoms with E-state index in [1.807, 2.05) is 18.2 Å². The number of fused-ring (bicyclic) bond motifs is 1. The second kappa shape index (κ2) is 7.71. The number of nitrogens with zero attached hydrogens (tertiary/aromatic N) is 6. The van der Waals surface area contributed by atoms with E-state index in [0.717, 1.165) is 37.6 Å². The molecule has 0 spiro atoms. The summed E-state index contributed by atoms with van der Waals surface area (Å²) < 4.78 is 4.83. The average Bonchev–Trinajstić information content (AvgIpc) is 3.44. The van der Waals surface area contributed by atoms with Crippen molar-refractivity contribution in [3.8, 4) is 0 Å². The molecule has 1 N–H and O–H groups in total. The molecule has 2 aliphatic rings. The number of benzene rings is 1. The van der Waals surface area contributed by atoms with Crippen molar-refractivity contribution in [3.05, 3.63) is 35.9 Å². The molecule has 4 heterocycles. The third-order valence-electron chi connectivity index (χ3n) is 5.82. The van der Waals surface area contributed by atoms with Crippen LogP contribution in [-0.4, -0.2) is 57.4 Å². The molecular formula is C20H25N7O. The summed E-state index contributed by atoms with van der Waals surface area (Å²) in [4.78, 5) is 14.3. The molecule has 2 aromatic heterocycles. The first-order valence-corrected chi connectivity index (χ1v) is 10.1. The van der Waals surface area contributed by atoms with Crippen LogP contribution in [0.5, 0.6) is 0 Å². The lowest BCUT2D eigenvalue weighted by Gasteiger charge is -2.37. The fourth-order valence-corrected chi connectivity index (χ4v) is 4.30. The van der Waals surface area contributed by atoms with Gasteiger partial charge in [-0.05, 0) is 54.6 Å². The molecule has 2 fully saturated rings. The van der Waals surface area contributed by atoms with Crippen LogP contribution >= 0.6 is 0 Å². The predicted octanol–water partition coefficient (Wildman–Crippen LogP) is 2.69. The van der Waals surface area contributed by atoms with E-state index in [2.05, 4.69) is 42.5 Å². The van der Waals surface area contributed by atoms with Crippen LogP contribution in [0.15, 0.2) is 35.0 Å². The molecule has 2 saturated heterocycles.